The van der Waals surface area contributed by atoms with Gasteiger partial charge in [-0.25, -0.2) is 9.97 Å². The van der Waals surface area contributed by atoms with E-state index in [0.717, 1.165) is 5.75 Å². The van der Waals surface area contributed by atoms with Crippen molar-refractivity contribution in [2.24, 2.45) is 0 Å². The fourth-order valence-corrected chi connectivity index (χ4v) is 2.86. The van der Waals surface area contributed by atoms with E-state index in [9.17, 15) is 9.59 Å². The molecule has 0 aliphatic carbocycles. The minimum Gasteiger partial charge on any atom is -0.495 e. The van der Waals surface area contributed by atoms with Crippen molar-refractivity contribution in [1.82, 2.24) is 19.9 Å². The highest BCUT2D eigenvalue weighted by atomic mass is 32.2. The van der Waals surface area contributed by atoms with Crippen molar-refractivity contribution in [3.63, 3.8) is 0 Å². The van der Waals surface area contributed by atoms with Crippen LogP contribution in [0.1, 0.15) is 10.5 Å². The summed E-state index contributed by atoms with van der Waals surface area (Å²) >= 11 is 1.61. The van der Waals surface area contributed by atoms with E-state index in [1.807, 2.05) is 6.26 Å². The first-order valence-corrected chi connectivity index (χ1v) is 9.35. The molecule has 0 aliphatic heterocycles. The summed E-state index contributed by atoms with van der Waals surface area (Å²) in [6.07, 6.45) is 3.52. The molecule has 0 radical (unpaired) electrons. The van der Waals surface area contributed by atoms with Crippen LogP contribution in [0.3, 0.4) is 0 Å². The van der Waals surface area contributed by atoms with Crippen LogP contribution in [0, 0.1) is 0 Å². The van der Waals surface area contributed by atoms with Crippen molar-refractivity contribution in [2.75, 3.05) is 25.7 Å². The Morgan fingerprint density at radius 2 is 2.08 bits per heavy atom. The van der Waals surface area contributed by atoms with Crippen LogP contribution >= 0.6 is 11.8 Å². The van der Waals surface area contributed by atoms with Gasteiger partial charge in [-0.05, 0) is 30.5 Å². The van der Waals surface area contributed by atoms with Crippen molar-refractivity contribution in [3.05, 3.63) is 58.6 Å². The van der Waals surface area contributed by atoms with Crippen LogP contribution < -0.4 is 15.6 Å². The Morgan fingerprint density at radius 1 is 1.27 bits per heavy atom. The first kappa shape index (κ1) is 17.9. The van der Waals surface area contributed by atoms with Crippen molar-refractivity contribution >= 4 is 28.8 Å². The van der Waals surface area contributed by atoms with Gasteiger partial charge in [0.25, 0.3) is 11.5 Å². The van der Waals surface area contributed by atoms with Crippen LogP contribution in [0.5, 0.6) is 5.75 Å². The molecule has 0 spiro atoms. The first-order chi connectivity index (χ1) is 12.7. The van der Waals surface area contributed by atoms with Crippen molar-refractivity contribution in [3.8, 4) is 11.4 Å². The predicted molar refractivity (Wildman–Crippen MR) is 102 cm³/mol. The lowest BCUT2D eigenvalue weighted by atomic mass is 10.2. The Balaban J connectivity index is 2.23. The highest BCUT2D eigenvalue weighted by molar-refractivity contribution is 7.98. The molecule has 0 saturated heterocycles. The van der Waals surface area contributed by atoms with Gasteiger partial charge in [-0.15, -0.1) is 0 Å². The third kappa shape index (κ3) is 3.41. The van der Waals surface area contributed by atoms with Crippen LogP contribution in [0.25, 0.3) is 16.9 Å². The number of benzene rings is 1. The van der Waals surface area contributed by atoms with Gasteiger partial charge in [0.2, 0.25) is 0 Å². The van der Waals surface area contributed by atoms with E-state index in [-0.39, 0.29) is 5.69 Å². The summed E-state index contributed by atoms with van der Waals surface area (Å²) in [5, 5.41) is 2.73. The Bertz CT molecular complexity index is 1000. The van der Waals surface area contributed by atoms with Crippen molar-refractivity contribution < 1.29 is 9.53 Å². The number of hydrogen-bond donors (Lipinski definition) is 1. The summed E-state index contributed by atoms with van der Waals surface area (Å²) in [5.41, 5.74) is 0.611. The lowest BCUT2D eigenvalue weighted by molar-refractivity contribution is 0.0949. The SMILES string of the molecule is COc1ccccc1-n1c(=O)c(C(=O)NCCSC)nc2cccnc21. The van der Waals surface area contributed by atoms with Crippen LogP contribution in [0.15, 0.2) is 47.4 Å². The molecule has 1 amide bonds. The van der Waals surface area contributed by atoms with Gasteiger partial charge in [0, 0.05) is 18.5 Å². The molecule has 3 aromatic rings. The van der Waals surface area contributed by atoms with Gasteiger partial charge in [0.15, 0.2) is 11.3 Å². The zero-order valence-electron chi connectivity index (χ0n) is 14.4. The number of pyridine rings is 1. The summed E-state index contributed by atoms with van der Waals surface area (Å²) in [6.45, 7) is 0.459. The van der Waals surface area contributed by atoms with E-state index in [2.05, 4.69) is 15.3 Å². The topological polar surface area (TPSA) is 86.1 Å². The molecule has 0 aliphatic rings. The lowest BCUT2D eigenvalue weighted by Crippen LogP contribution is -2.35. The second-order valence-corrected chi connectivity index (χ2v) is 6.35. The standard InChI is InChI=1S/C18H18N4O3S/c1-25-14-8-4-3-7-13(14)22-16-12(6-5-9-19-16)21-15(18(22)24)17(23)20-10-11-26-2/h3-9H,10-11H2,1-2H3,(H,20,23). The van der Waals surface area contributed by atoms with Gasteiger partial charge in [-0.3, -0.25) is 14.2 Å². The number of carbonyl (C=O) groups is 1. The van der Waals surface area contributed by atoms with Gasteiger partial charge in [0.1, 0.15) is 11.3 Å². The Morgan fingerprint density at radius 3 is 2.85 bits per heavy atom. The lowest BCUT2D eigenvalue weighted by Gasteiger charge is -2.14. The summed E-state index contributed by atoms with van der Waals surface area (Å²) in [6, 6.07) is 10.5. The van der Waals surface area contributed by atoms with Crippen LogP contribution in [-0.2, 0) is 0 Å². The number of amides is 1. The number of carbonyl (C=O) groups excluding carboxylic acids is 1. The van der Waals surface area contributed by atoms with E-state index < -0.39 is 11.5 Å². The second kappa shape index (κ2) is 8.01. The molecule has 7 nitrogen and oxygen atoms in total. The molecule has 0 unspecified atom stereocenters. The van der Waals surface area contributed by atoms with Crippen molar-refractivity contribution in [1.29, 1.82) is 0 Å². The zero-order valence-corrected chi connectivity index (χ0v) is 15.2. The highest BCUT2D eigenvalue weighted by Crippen LogP contribution is 2.23. The first-order valence-electron chi connectivity index (χ1n) is 7.95. The molecule has 0 bridgehead atoms. The molecule has 0 fully saturated rings. The zero-order chi connectivity index (χ0) is 18.5. The molecule has 3 rings (SSSR count). The number of aromatic nitrogens is 3. The van der Waals surface area contributed by atoms with Crippen LogP contribution in [0.2, 0.25) is 0 Å². The maximum absolute atomic E-state index is 13.1. The molecule has 2 heterocycles. The molecule has 134 valence electrons. The maximum atomic E-state index is 13.1. The molecule has 2 aromatic heterocycles. The number of methoxy groups -OCH3 is 1. The second-order valence-electron chi connectivity index (χ2n) is 5.37. The Labute approximate surface area is 154 Å². The fourth-order valence-electron chi connectivity index (χ4n) is 2.55. The Kier molecular flexibility index (Phi) is 5.52. The monoisotopic (exact) mass is 370 g/mol. The number of para-hydroxylation sites is 2. The fraction of sp³-hybridized carbons (Fsp3) is 0.222. The minimum atomic E-state index is -0.539. The molecule has 1 aromatic carbocycles. The van der Waals surface area contributed by atoms with Crippen LogP contribution in [-0.4, -0.2) is 46.1 Å². The van der Waals surface area contributed by atoms with E-state index in [1.54, 1.807) is 54.4 Å². The molecular formula is C18H18N4O3S. The van der Waals surface area contributed by atoms with Gasteiger partial charge < -0.3 is 10.1 Å². The average Bonchev–Trinajstić information content (AvgIpc) is 2.67. The van der Waals surface area contributed by atoms with Crippen molar-refractivity contribution in [2.45, 2.75) is 0 Å². The molecule has 0 saturated carbocycles. The normalized spacial score (nSPS) is 10.7. The van der Waals surface area contributed by atoms with Gasteiger partial charge in [-0.2, -0.15) is 11.8 Å². The number of rotatable bonds is 6. The molecular weight excluding hydrogens is 352 g/mol. The molecule has 1 N–H and O–H groups in total. The summed E-state index contributed by atoms with van der Waals surface area (Å²) in [7, 11) is 1.52. The van der Waals surface area contributed by atoms with E-state index in [1.165, 1.54) is 11.7 Å². The average molecular weight is 370 g/mol. The number of fused-ring (bicyclic) bond motifs is 1. The summed E-state index contributed by atoms with van der Waals surface area (Å²) in [5.74, 6) is 0.752. The summed E-state index contributed by atoms with van der Waals surface area (Å²) in [4.78, 5) is 34.1. The van der Waals surface area contributed by atoms with Crippen LogP contribution in [0.4, 0.5) is 0 Å². The maximum Gasteiger partial charge on any atom is 0.288 e. The van der Waals surface area contributed by atoms with Gasteiger partial charge >= 0.3 is 0 Å². The van der Waals surface area contributed by atoms with Gasteiger partial charge in [-0.1, -0.05) is 12.1 Å². The van der Waals surface area contributed by atoms with E-state index >= 15 is 0 Å². The largest absolute Gasteiger partial charge is 0.495 e. The predicted octanol–water partition coefficient (Wildman–Crippen LogP) is 1.88. The molecule has 0 atom stereocenters. The quantitative estimate of drug-likeness (QED) is 0.667. The van der Waals surface area contributed by atoms with E-state index in [0.29, 0.717) is 29.1 Å². The molecule has 26 heavy (non-hydrogen) atoms. The van der Waals surface area contributed by atoms with Gasteiger partial charge in [0.05, 0.1) is 12.8 Å². The minimum absolute atomic E-state index is 0.169. The number of hydrogen-bond acceptors (Lipinski definition) is 6. The number of ether oxygens (including phenoxy) is 1. The molecule has 8 heteroatoms. The highest BCUT2D eigenvalue weighted by Gasteiger charge is 2.20. The third-order valence-electron chi connectivity index (χ3n) is 3.75. The number of thioether (sulfide) groups is 1. The van der Waals surface area contributed by atoms with E-state index in [4.69, 9.17) is 4.74 Å². The summed E-state index contributed by atoms with van der Waals surface area (Å²) < 4.78 is 6.74. The smallest absolute Gasteiger partial charge is 0.288 e. The third-order valence-corrected chi connectivity index (χ3v) is 4.36. The Hall–Kier alpha value is -2.87. The number of nitrogens with zero attached hydrogens (tertiary/aromatic N) is 3. The number of nitrogens with one attached hydrogen (secondary N) is 1.